The molecule has 0 aliphatic heterocycles. The van der Waals surface area contributed by atoms with Gasteiger partial charge in [0.05, 0.1) is 7.11 Å². The molecule has 6 heteroatoms. The van der Waals surface area contributed by atoms with Crippen molar-refractivity contribution < 1.29 is 4.74 Å². The van der Waals surface area contributed by atoms with E-state index in [9.17, 15) is 0 Å². The van der Waals surface area contributed by atoms with Gasteiger partial charge in [0.25, 0.3) is 0 Å². The van der Waals surface area contributed by atoms with E-state index in [-0.39, 0.29) is 0 Å². The fourth-order valence-electron chi connectivity index (χ4n) is 1.38. The van der Waals surface area contributed by atoms with Gasteiger partial charge in [0.2, 0.25) is 5.75 Å². The van der Waals surface area contributed by atoms with Crippen LogP contribution in [0.1, 0.15) is 0 Å². The number of ether oxygens (including phenoxy) is 1. The number of nitrogen functional groups attached to an aromatic ring is 1. The number of nitrogens with two attached hydrogens (primary N) is 1. The zero-order valence-electron chi connectivity index (χ0n) is 9.14. The van der Waals surface area contributed by atoms with Crippen LogP contribution in [0.3, 0.4) is 0 Å². The Morgan fingerprint density at radius 1 is 1.35 bits per heavy atom. The van der Waals surface area contributed by atoms with E-state index in [1.165, 1.54) is 13.4 Å². The molecule has 17 heavy (non-hydrogen) atoms. The van der Waals surface area contributed by atoms with Gasteiger partial charge in [0.1, 0.15) is 6.33 Å². The number of hydrogen-bond acceptors (Lipinski definition) is 5. The van der Waals surface area contributed by atoms with Gasteiger partial charge in [-0.25, -0.2) is 9.97 Å². The molecule has 0 amide bonds. The van der Waals surface area contributed by atoms with Gasteiger partial charge in [-0.15, -0.1) is 0 Å². The summed E-state index contributed by atoms with van der Waals surface area (Å²) in [4.78, 5) is 7.98. The fourth-order valence-corrected chi connectivity index (χ4v) is 1.92. The largest absolute Gasteiger partial charge is 0.490 e. The Balaban J connectivity index is 2.33. The molecule has 3 N–H and O–H groups in total. The fraction of sp³-hybridized carbons (Fsp3) is 0.0909. The summed E-state index contributed by atoms with van der Waals surface area (Å²) in [7, 11) is 1.54. The van der Waals surface area contributed by atoms with Gasteiger partial charge in [-0.2, -0.15) is 0 Å². The number of anilines is 3. The van der Waals surface area contributed by atoms with Crippen molar-refractivity contribution in [1.82, 2.24) is 9.97 Å². The predicted molar refractivity (Wildman–Crippen MR) is 75.4 cm³/mol. The Bertz CT molecular complexity index is 533. The van der Waals surface area contributed by atoms with Crippen molar-refractivity contribution in [2.75, 3.05) is 18.2 Å². The van der Waals surface area contributed by atoms with Crippen molar-refractivity contribution >= 4 is 39.9 Å². The molecule has 0 fully saturated rings. The average molecular weight is 342 g/mol. The molecule has 0 bridgehead atoms. The minimum Gasteiger partial charge on any atom is -0.490 e. The molecular weight excluding hydrogens is 331 g/mol. The van der Waals surface area contributed by atoms with Gasteiger partial charge in [0.15, 0.2) is 11.6 Å². The molecule has 0 aliphatic rings. The van der Waals surface area contributed by atoms with E-state index >= 15 is 0 Å². The number of aromatic nitrogens is 2. The van der Waals surface area contributed by atoms with Gasteiger partial charge in [0, 0.05) is 9.26 Å². The van der Waals surface area contributed by atoms with Gasteiger partial charge in [-0.05, 0) is 40.8 Å². The second-order valence-corrected chi connectivity index (χ2v) is 4.52. The predicted octanol–water partition coefficient (Wildman–Crippen LogP) is 2.42. The summed E-state index contributed by atoms with van der Waals surface area (Å²) in [5.41, 5.74) is 6.62. The molecule has 0 unspecified atom stereocenters. The molecule has 0 atom stereocenters. The lowest BCUT2D eigenvalue weighted by Gasteiger charge is -2.11. The summed E-state index contributed by atoms with van der Waals surface area (Å²) >= 11 is 2.24. The molecule has 0 spiro atoms. The van der Waals surface area contributed by atoms with E-state index in [2.05, 4.69) is 37.9 Å². The maximum Gasteiger partial charge on any atom is 0.204 e. The number of halogens is 1. The molecule has 0 aliphatic carbocycles. The average Bonchev–Trinajstić information content (AvgIpc) is 2.29. The molecule has 5 nitrogen and oxygen atoms in total. The Labute approximate surface area is 113 Å². The Hall–Kier alpha value is -1.57. The molecular formula is C11H11IN4O. The van der Waals surface area contributed by atoms with Crippen LogP contribution in [-0.4, -0.2) is 17.1 Å². The Morgan fingerprint density at radius 2 is 2.18 bits per heavy atom. The first kappa shape index (κ1) is 11.9. The first-order valence-electron chi connectivity index (χ1n) is 4.88. The van der Waals surface area contributed by atoms with Crippen molar-refractivity contribution in [3.63, 3.8) is 0 Å². The van der Waals surface area contributed by atoms with Crippen LogP contribution in [0.4, 0.5) is 17.3 Å². The van der Waals surface area contributed by atoms with Crippen molar-refractivity contribution in [2.45, 2.75) is 0 Å². The SMILES string of the molecule is COc1c(N)ncnc1Nc1cccc(I)c1. The molecule has 88 valence electrons. The van der Waals surface area contributed by atoms with E-state index in [1.54, 1.807) is 0 Å². The van der Waals surface area contributed by atoms with E-state index in [0.29, 0.717) is 17.4 Å². The second-order valence-electron chi connectivity index (χ2n) is 3.28. The van der Waals surface area contributed by atoms with Crippen LogP contribution in [0.15, 0.2) is 30.6 Å². The van der Waals surface area contributed by atoms with Crippen LogP contribution in [0.5, 0.6) is 5.75 Å². The van der Waals surface area contributed by atoms with E-state index in [1.807, 2.05) is 24.3 Å². The maximum absolute atomic E-state index is 5.70. The Morgan fingerprint density at radius 3 is 2.88 bits per heavy atom. The molecule has 1 aromatic heterocycles. The Kier molecular flexibility index (Phi) is 3.62. The summed E-state index contributed by atoms with van der Waals surface area (Å²) < 4.78 is 6.30. The highest BCUT2D eigenvalue weighted by molar-refractivity contribution is 14.1. The maximum atomic E-state index is 5.70. The zero-order chi connectivity index (χ0) is 12.3. The lowest BCUT2D eigenvalue weighted by Crippen LogP contribution is -2.02. The minimum absolute atomic E-state index is 0.315. The summed E-state index contributed by atoms with van der Waals surface area (Å²) in [5.74, 6) is 1.32. The van der Waals surface area contributed by atoms with E-state index in [4.69, 9.17) is 10.5 Å². The van der Waals surface area contributed by atoms with Crippen LogP contribution in [-0.2, 0) is 0 Å². The quantitative estimate of drug-likeness (QED) is 0.838. The van der Waals surface area contributed by atoms with Crippen LogP contribution in [0.25, 0.3) is 0 Å². The van der Waals surface area contributed by atoms with E-state index in [0.717, 1.165) is 9.26 Å². The summed E-state index contributed by atoms with van der Waals surface area (Å²) in [6.45, 7) is 0. The second kappa shape index (κ2) is 5.17. The van der Waals surface area contributed by atoms with Gasteiger partial charge in [-0.3, -0.25) is 0 Å². The van der Waals surface area contributed by atoms with Gasteiger partial charge < -0.3 is 15.8 Å². The lowest BCUT2D eigenvalue weighted by atomic mass is 10.3. The third-order valence-electron chi connectivity index (χ3n) is 2.12. The van der Waals surface area contributed by atoms with Crippen LogP contribution in [0.2, 0.25) is 0 Å². The van der Waals surface area contributed by atoms with Gasteiger partial charge >= 0.3 is 0 Å². The van der Waals surface area contributed by atoms with Crippen LogP contribution < -0.4 is 15.8 Å². The number of methoxy groups -OCH3 is 1. The number of hydrogen-bond donors (Lipinski definition) is 2. The van der Waals surface area contributed by atoms with Crippen molar-refractivity contribution in [3.8, 4) is 5.75 Å². The van der Waals surface area contributed by atoms with Gasteiger partial charge in [-0.1, -0.05) is 6.07 Å². The molecule has 2 rings (SSSR count). The molecule has 0 radical (unpaired) electrons. The molecule has 1 heterocycles. The van der Waals surface area contributed by atoms with E-state index < -0.39 is 0 Å². The lowest BCUT2D eigenvalue weighted by molar-refractivity contribution is 0.415. The summed E-state index contributed by atoms with van der Waals surface area (Å²) in [5, 5.41) is 3.14. The monoisotopic (exact) mass is 342 g/mol. The molecule has 0 saturated heterocycles. The highest BCUT2D eigenvalue weighted by atomic mass is 127. The first-order chi connectivity index (χ1) is 8.20. The summed E-state index contributed by atoms with van der Waals surface area (Å²) in [6, 6.07) is 7.91. The smallest absolute Gasteiger partial charge is 0.204 e. The standard InChI is InChI=1S/C11H11IN4O/c1-17-9-10(13)14-6-15-11(9)16-8-4-2-3-7(12)5-8/h2-6H,1H3,(H3,13,14,15,16). The zero-order valence-corrected chi connectivity index (χ0v) is 11.3. The van der Waals surface area contributed by atoms with Crippen molar-refractivity contribution in [3.05, 3.63) is 34.2 Å². The minimum atomic E-state index is 0.315. The topological polar surface area (TPSA) is 73.1 Å². The molecule has 0 saturated carbocycles. The molecule has 1 aromatic carbocycles. The third-order valence-corrected chi connectivity index (χ3v) is 2.79. The highest BCUT2D eigenvalue weighted by Gasteiger charge is 2.09. The first-order valence-corrected chi connectivity index (χ1v) is 5.95. The van der Waals surface area contributed by atoms with Crippen molar-refractivity contribution in [2.24, 2.45) is 0 Å². The number of benzene rings is 1. The highest BCUT2D eigenvalue weighted by Crippen LogP contribution is 2.29. The number of nitrogens with one attached hydrogen (secondary N) is 1. The third kappa shape index (κ3) is 2.76. The normalized spacial score (nSPS) is 10.0. The van der Waals surface area contributed by atoms with Crippen molar-refractivity contribution in [1.29, 1.82) is 0 Å². The number of rotatable bonds is 3. The molecule has 2 aromatic rings. The number of nitrogens with zero attached hydrogens (tertiary/aromatic N) is 2. The summed E-state index contributed by atoms with van der Waals surface area (Å²) in [6.07, 6.45) is 1.40. The van der Waals surface area contributed by atoms with Crippen LogP contribution >= 0.6 is 22.6 Å². The van der Waals surface area contributed by atoms with Crippen LogP contribution in [0, 0.1) is 3.57 Å².